The predicted molar refractivity (Wildman–Crippen MR) is 77.7 cm³/mol. The second kappa shape index (κ2) is 5.75. The number of ether oxygens (including phenoxy) is 1. The Morgan fingerprint density at radius 3 is 3.00 bits per heavy atom. The van der Waals surface area contributed by atoms with Gasteiger partial charge in [-0.2, -0.15) is 0 Å². The molecule has 4 heteroatoms. The Hall–Kier alpha value is -1.68. The van der Waals surface area contributed by atoms with E-state index in [0.29, 0.717) is 13.0 Å². The van der Waals surface area contributed by atoms with Gasteiger partial charge in [-0.05, 0) is 38.3 Å². The van der Waals surface area contributed by atoms with Gasteiger partial charge in [0.1, 0.15) is 11.9 Å². The summed E-state index contributed by atoms with van der Waals surface area (Å²) in [7, 11) is 0. The zero-order chi connectivity index (χ0) is 13.9. The second-order valence-corrected chi connectivity index (χ2v) is 5.26. The van der Waals surface area contributed by atoms with Gasteiger partial charge >= 0.3 is 0 Å². The van der Waals surface area contributed by atoms with E-state index in [1.54, 1.807) is 0 Å². The predicted octanol–water partition coefficient (Wildman–Crippen LogP) is 2.74. The first-order valence-corrected chi connectivity index (χ1v) is 7.38. The first kappa shape index (κ1) is 13.3. The molecule has 2 heterocycles. The van der Waals surface area contributed by atoms with Crippen molar-refractivity contribution in [2.45, 2.75) is 45.3 Å². The van der Waals surface area contributed by atoms with Crippen molar-refractivity contribution in [1.82, 2.24) is 9.55 Å². The molecule has 0 radical (unpaired) electrons. The number of rotatable bonds is 4. The summed E-state index contributed by atoms with van der Waals surface area (Å²) >= 11 is 0. The first-order valence-electron chi connectivity index (χ1n) is 7.38. The maximum absolute atomic E-state index is 12.3. The standard InChI is InChI=1S/C16H20N2O2/c1-2-18-13-8-4-3-7-12(13)17-16(18)11-14(19)15-9-5-6-10-20-15/h3-4,7-8,15H,2,5-6,9-11H2,1H3. The number of hydrogen-bond acceptors (Lipinski definition) is 3. The summed E-state index contributed by atoms with van der Waals surface area (Å²) in [6, 6.07) is 8.03. The summed E-state index contributed by atoms with van der Waals surface area (Å²) in [4.78, 5) is 16.9. The van der Waals surface area contributed by atoms with Crippen molar-refractivity contribution in [1.29, 1.82) is 0 Å². The van der Waals surface area contributed by atoms with E-state index in [2.05, 4.69) is 22.5 Å². The number of aromatic nitrogens is 2. The van der Waals surface area contributed by atoms with Crippen LogP contribution in [0, 0.1) is 0 Å². The Balaban J connectivity index is 1.84. The number of carbonyl (C=O) groups excluding carboxylic acids is 1. The maximum Gasteiger partial charge on any atom is 0.169 e. The number of para-hydroxylation sites is 2. The van der Waals surface area contributed by atoms with E-state index in [1.807, 2.05) is 18.2 Å². The number of carbonyl (C=O) groups is 1. The van der Waals surface area contributed by atoms with E-state index in [0.717, 1.165) is 42.7 Å². The molecule has 2 aromatic rings. The van der Waals surface area contributed by atoms with Crippen LogP contribution in [0.15, 0.2) is 24.3 Å². The molecule has 20 heavy (non-hydrogen) atoms. The molecule has 106 valence electrons. The van der Waals surface area contributed by atoms with Crippen molar-refractivity contribution in [2.24, 2.45) is 0 Å². The molecule has 0 bridgehead atoms. The average Bonchev–Trinajstić information content (AvgIpc) is 2.85. The van der Waals surface area contributed by atoms with E-state index in [-0.39, 0.29) is 11.9 Å². The Bertz CT molecular complexity index is 612. The van der Waals surface area contributed by atoms with E-state index >= 15 is 0 Å². The molecule has 1 atom stereocenters. The van der Waals surface area contributed by atoms with Crippen molar-refractivity contribution in [2.75, 3.05) is 6.61 Å². The number of Topliss-reactive ketones (excluding diaryl/α,β-unsaturated/α-hetero) is 1. The number of aryl methyl sites for hydroxylation is 1. The van der Waals surface area contributed by atoms with Crippen LogP contribution in [0.25, 0.3) is 11.0 Å². The van der Waals surface area contributed by atoms with Crippen molar-refractivity contribution in [3.63, 3.8) is 0 Å². The minimum atomic E-state index is -0.228. The van der Waals surface area contributed by atoms with Gasteiger partial charge in [0.2, 0.25) is 0 Å². The molecule has 1 unspecified atom stereocenters. The molecule has 0 amide bonds. The summed E-state index contributed by atoms with van der Waals surface area (Å²) in [6.45, 7) is 3.62. The maximum atomic E-state index is 12.3. The number of benzene rings is 1. The van der Waals surface area contributed by atoms with Gasteiger partial charge in [0, 0.05) is 13.2 Å². The summed E-state index contributed by atoms with van der Waals surface area (Å²) in [6.07, 6.45) is 3.14. The van der Waals surface area contributed by atoms with Gasteiger partial charge in [-0.25, -0.2) is 4.98 Å². The SMILES string of the molecule is CCn1c(CC(=O)C2CCCCO2)nc2ccccc21. The lowest BCUT2D eigenvalue weighted by molar-refractivity contribution is -0.132. The molecule has 4 nitrogen and oxygen atoms in total. The third kappa shape index (κ3) is 2.48. The highest BCUT2D eigenvalue weighted by Gasteiger charge is 2.23. The van der Waals surface area contributed by atoms with Crippen LogP contribution in [0.2, 0.25) is 0 Å². The quantitative estimate of drug-likeness (QED) is 0.859. The molecule has 1 aliphatic rings. The Morgan fingerprint density at radius 2 is 2.25 bits per heavy atom. The minimum Gasteiger partial charge on any atom is -0.370 e. The van der Waals surface area contributed by atoms with Gasteiger partial charge in [-0.15, -0.1) is 0 Å². The Morgan fingerprint density at radius 1 is 1.40 bits per heavy atom. The topological polar surface area (TPSA) is 44.1 Å². The highest BCUT2D eigenvalue weighted by molar-refractivity contribution is 5.86. The third-order valence-corrected chi connectivity index (χ3v) is 3.92. The molecule has 0 saturated carbocycles. The fourth-order valence-electron chi connectivity index (χ4n) is 2.88. The molecular weight excluding hydrogens is 252 g/mol. The van der Waals surface area contributed by atoms with Crippen LogP contribution < -0.4 is 0 Å². The fourth-order valence-corrected chi connectivity index (χ4v) is 2.88. The molecule has 1 aliphatic heterocycles. The normalized spacial score (nSPS) is 19.4. The highest BCUT2D eigenvalue weighted by atomic mass is 16.5. The molecule has 1 aromatic heterocycles. The molecule has 3 rings (SSSR count). The van der Waals surface area contributed by atoms with Crippen molar-refractivity contribution in [3.8, 4) is 0 Å². The number of fused-ring (bicyclic) bond motifs is 1. The monoisotopic (exact) mass is 272 g/mol. The van der Waals surface area contributed by atoms with Crippen molar-refractivity contribution < 1.29 is 9.53 Å². The number of ketones is 1. The first-order chi connectivity index (χ1) is 9.79. The lowest BCUT2D eigenvalue weighted by Crippen LogP contribution is -2.30. The molecule has 0 spiro atoms. The second-order valence-electron chi connectivity index (χ2n) is 5.26. The summed E-state index contributed by atoms with van der Waals surface area (Å²) in [5.41, 5.74) is 2.06. The number of hydrogen-bond donors (Lipinski definition) is 0. The summed E-state index contributed by atoms with van der Waals surface area (Å²) in [5.74, 6) is 1.02. The van der Waals surface area contributed by atoms with Crippen LogP contribution >= 0.6 is 0 Å². The van der Waals surface area contributed by atoms with Gasteiger partial charge in [-0.3, -0.25) is 4.79 Å². The highest BCUT2D eigenvalue weighted by Crippen LogP contribution is 2.19. The van der Waals surface area contributed by atoms with Crippen LogP contribution in [0.1, 0.15) is 32.0 Å². The van der Waals surface area contributed by atoms with Gasteiger partial charge < -0.3 is 9.30 Å². The summed E-state index contributed by atoms with van der Waals surface area (Å²) in [5, 5.41) is 0. The van der Waals surface area contributed by atoms with Crippen LogP contribution in [0.5, 0.6) is 0 Å². The van der Waals surface area contributed by atoms with Crippen molar-refractivity contribution >= 4 is 16.8 Å². The molecule has 1 saturated heterocycles. The molecule has 1 aromatic carbocycles. The van der Waals surface area contributed by atoms with E-state index in [1.165, 1.54) is 0 Å². The largest absolute Gasteiger partial charge is 0.370 e. The van der Waals surface area contributed by atoms with Gasteiger partial charge in [0.15, 0.2) is 5.78 Å². The number of imidazole rings is 1. The van der Waals surface area contributed by atoms with Crippen molar-refractivity contribution in [3.05, 3.63) is 30.1 Å². The third-order valence-electron chi connectivity index (χ3n) is 3.92. The molecular formula is C16H20N2O2. The number of nitrogens with zero attached hydrogens (tertiary/aromatic N) is 2. The Kier molecular flexibility index (Phi) is 3.83. The smallest absolute Gasteiger partial charge is 0.169 e. The molecule has 0 aliphatic carbocycles. The van der Waals surface area contributed by atoms with Gasteiger partial charge in [0.05, 0.1) is 17.5 Å². The van der Waals surface area contributed by atoms with Gasteiger partial charge in [-0.1, -0.05) is 12.1 Å². The van der Waals surface area contributed by atoms with Crippen LogP contribution in [0.3, 0.4) is 0 Å². The lowest BCUT2D eigenvalue weighted by Gasteiger charge is -2.21. The van der Waals surface area contributed by atoms with E-state index < -0.39 is 0 Å². The zero-order valence-electron chi connectivity index (χ0n) is 11.8. The average molecular weight is 272 g/mol. The zero-order valence-corrected chi connectivity index (χ0v) is 11.8. The van der Waals surface area contributed by atoms with Gasteiger partial charge in [0.25, 0.3) is 0 Å². The summed E-state index contributed by atoms with van der Waals surface area (Å²) < 4.78 is 7.69. The van der Waals surface area contributed by atoms with Crippen LogP contribution in [-0.2, 0) is 22.5 Å². The van der Waals surface area contributed by atoms with Crippen LogP contribution in [0.4, 0.5) is 0 Å². The van der Waals surface area contributed by atoms with E-state index in [4.69, 9.17) is 4.74 Å². The lowest BCUT2D eigenvalue weighted by atomic mass is 10.0. The fraction of sp³-hybridized carbons (Fsp3) is 0.500. The Labute approximate surface area is 118 Å². The van der Waals surface area contributed by atoms with Crippen LogP contribution in [-0.4, -0.2) is 28.0 Å². The molecule has 1 fully saturated rings. The molecule has 0 N–H and O–H groups in total. The van der Waals surface area contributed by atoms with E-state index in [9.17, 15) is 4.79 Å². The minimum absolute atomic E-state index is 0.162.